The third kappa shape index (κ3) is 3.02. The first kappa shape index (κ1) is 12.8. The Morgan fingerprint density at radius 2 is 2.16 bits per heavy atom. The Labute approximate surface area is 112 Å². The zero-order valence-corrected chi connectivity index (χ0v) is 11.1. The van der Waals surface area contributed by atoms with Gasteiger partial charge in [0.15, 0.2) is 0 Å². The molecule has 0 aliphatic carbocycles. The van der Waals surface area contributed by atoms with E-state index in [0.29, 0.717) is 6.54 Å². The molecule has 6 nitrogen and oxygen atoms in total. The predicted molar refractivity (Wildman–Crippen MR) is 71.2 cm³/mol. The number of nitrogens with zero attached hydrogens (tertiary/aromatic N) is 3. The summed E-state index contributed by atoms with van der Waals surface area (Å²) in [6.07, 6.45) is 0.910. The molecule has 2 aliphatic heterocycles. The topological polar surface area (TPSA) is 59.4 Å². The molecule has 1 N–H and O–H groups in total. The Bertz CT molecular complexity index is 494. The van der Waals surface area contributed by atoms with Gasteiger partial charge >= 0.3 is 0 Å². The Morgan fingerprint density at radius 1 is 1.32 bits per heavy atom. The van der Waals surface area contributed by atoms with Crippen molar-refractivity contribution in [1.82, 2.24) is 20.0 Å². The van der Waals surface area contributed by atoms with Crippen molar-refractivity contribution in [3.8, 4) is 0 Å². The van der Waals surface area contributed by atoms with E-state index in [-0.39, 0.29) is 5.56 Å². The fraction of sp³-hybridized carbons (Fsp3) is 0.692. The molecule has 6 heteroatoms. The van der Waals surface area contributed by atoms with Gasteiger partial charge in [-0.25, -0.2) is 4.68 Å². The minimum atomic E-state index is 0.00992. The van der Waals surface area contributed by atoms with Crippen molar-refractivity contribution in [2.45, 2.75) is 19.5 Å². The summed E-state index contributed by atoms with van der Waals surface area (Å²) in [5, 5.41) is 7.76. The minimum Gasteiger partial charge on any atom is -0.379 e. The quantitative estimate of drug-likeness (QED) is 0.776. The summed E-state index contributed by atoms with van der Waals surface area (Å²) >= 11 is 0. The van der Waals surface area contributed by atoms with Gasteiger partial charge in [0.1, 0.15) is 0 Å². The van der Waals surface area contributed by atoms with E-state index in [1.54, 1.807) is 10.7 Å². The van der Waals surface area contributed by atoms with Gasteiger partial charge in [-0.1, -0.05) is 0 Å². The van der Waals surface area contributed by atoms with Gasteiger partial charge in [-0.2, -0.15) is 5.10 Å². The van der Waals surface area contributed by atoms with Crippen LogP contribution in [0.2, 0.25) is 0 Å². The summed E-state index contributed by atoms with van der Waals surface area (Å²) in [6, 6.07) is 1.73. The zero-order valence-electron chi connectivity index (χ0n) is 11.1. The number of hydrogen-bond acceptors (Lipinski definition) is 5. The fourth-order valence-corrected chi connectivity index (χ4v) is 2.58. The zero-order chi connectivity index (χ0) is 13.1. The normalized spacial score (nSPS) is 20.2. The van der Waals surface area contributed by atoms with Crippen molar-refractivity contribution in [2.75, 3.05) is 39.4 Å². The molecule has 0 amide bonds. The van der Waals surface area contributed by atoms with Gasteiger partial charge in [0.2, 0.25) is 0 Å². The third-order valence-corrected chi connectivity index (χ3v) is 3.75. The largest absolute Gasteiger partial charge is 0.379 e. The molecule has 1 fully saturated rings. The van der Waals surface area contributed by atoms with Gasteiger partial charge in [-0.3, -0.25) is 9.69 Å². The lowest BCUT2D eigenvalue weighted by Gasteiger charge is -2.26. The van der Waals surface area contributed by atoms with Crippen molar-refractivity contribution in [3.05, 3.63) is 27.7 Å². The van der Waals surface area contributed by atoms with Crippen LogP contribution < -0.4 is 10.9 Å². The van der Waals surface area contributed by atoms with E-state index in [2.05, 4.69) is 15.3 Å². The molecule has 3 heterocycles. The van der Waals surface area contributed by atoms with E-state index < -0.39 is 0 Å². The lowest BCUT2D eigenvalue weighted by Crippen LogP contribution is -2.40. The molecule has 1 saturated heterocycles. The highest BCUT2D eigenvalue weighted by Crippen LogP contribution is 2.07. The number of ether oxygens (including phenoxy) is 1. The fourth-order valence-electron chi connectivity index (χ4n) is 2.58. The second-order valence-electron chi connectivity index (χ2n) is 5.06. The maximum atomic E-state index is 12.0. The Morgan fingerprint density at radius 3 is 3.00 bits per heavy atom. The van der Waals surface area contributed by atoms with Crippen molar-refractivity contribution >= 4 is 0 Å². The molecule has 0 atom stereocenters. The van der Waals surface area contributed by atoms with Crippen LogP contribution in [0.25, 0.3) is 0 Å². The first-order valence-corrected chi connectivity index (χ1v) is 6.94. The summed E-state index contributed by atoms with van der Waals surface area (Å²) < 4.78 is 6.93. The standard InChI is InChI=1S/C13H20N4O2/c18-13-9-11-10-14-2-1-12(11)15-17(13)4-3-16-5-7-19-8-6-16/h9,14H,1-8,10H2. The number of aromatic nitrogens is 2. The molecule has 0 radical (unpaired) electrons. The molecule has 0 aromatic carbocycles. The first-order chi connectivity index (χ1) is 9.33. The maximum Gasteiger partial charge on any atom is 0.267 e. The van der Waals surface area contributed by atoms with Crippen LogP contribution in [0.3, 0.4) is 0 Å². The highest BCUT2D eigenvalue weighted by atomic mass is 16.5. The molecule has 0 saturated carbocycles. The number of rotatable bonds is 3. The van der Waals surface area contributed by atoms with Crippen LogP contribution in [0.5, 0.6) is 0 Å². The van der Waals surface area contributed by atoms with Crippen LogP contribution in [-0.4, -0.2) is 54.1 Å². The summed E-state index contributed by atoms with van der Waals surface area (Å²) in [4.78, 5) is 14.3. The Kier molecular flexibility index (Phi) is 3.91. The number of morpholine rings is 1. The van der Waals surface area contributed by atoms with Crippen molar-refractivity contribution in [2.24, 2.45) is 0 Å². The van der Waals surface area contributed by atoms with Crippen molar-refractivity contribution in [3.63, 3.8) is 0 Å². The van der Waals surface area contributed by atoms with E-state index in [1.165, 1.54) is 0 Å². The van der Waals surface area contributed by atoms with Crippen LogP contribution in [0.15, 0.2) is 10.9 Å². The number of hydrogen-bond donors (Lipinski definition) is 1. The Hall–Kier alpha value is -1.24. The third-order valence-electron chi connectivity index (χ3n) is 3.75. The molecule has 0 bridgehead atoms. The number of fused-ring (bicyclic) bond motifs is 1. The van der Waals surface area contributed by atoms with Crippen LogP contribution >= 0.6 is 0 Å². The van der Waals surface area contributed by atoms with Gasteiger partial charge in [0, 0.05) is 45.2 Å². The second-order valence-corrected chi connectivity index (χ2v) is 5.06. The smallest absolute Gasteiger partial charge is 0.267 e. The van der Waals surface area contributed by atoms with Gasteiger partial charge < -0.3 is 10.1 Å². The average Bonchev–Trinajstić information content (AvgIpc) is 2.46. The molecule has 0 unspecified atom stereocenters. The van der Waals surface area contributed by atoms with Gasteiger partial charge in [0.25, 0.3) is 5.56 Å². The summed E-state index contributed by atoms with van der Waals surface area (Å²) in [5.74, 6) is 0. The highest BCUT2D eigenvalue weighted by molar-refractivity contribution is 5.20. The lowest BCUT2D eigenvalue weighted by atomic mass is 10.1. The van der Waals surface area contributed by atoms with E-state index in [1.807, 2.05) is 0 Å². The van der Waals surface area contributed by atoms with E-state index in [9.17, 15) is 4.79 Å². The molecular weight excluding hydrogens is 244 g/mol. The van der Waals surface area contributed by atoms with Crippen LogP contribution in [0.1, 0.15) is 11.3 Å². The molecule has 2 aliphatic rings. The Balaban J connectivity index is 1.68. The summed E-state index contributed by atoms with van der Waals surface area (Å²) in [6.45, 7) is 6.72. The van der Waals surface area contributed by atoms with Crippen LogP contribution in [0.4, 0.5) is 0 Å². The molecule has 0 spiro atoms. The average molecular weight is 264 g/mol. The van der Waals surface area contributed by atoms with E-state index in [4.69, 9.17) is 4.74 Å². The van der Waals surface area contributed by atoms with Gasteiger partial charge in [-0.15, -0.1) is 0 Å². The summed E-state index contributed by atoms with van der Waals surface area (Å²) in [5.41, 5.74) is 2.13. The number of nitrogens with one attached hydrogen (secondary N) is 1. The van der Waals surface area contributed by atoms with Crippen LogP contribution in [0, 0.1) is 0 Å². The molecule has 1 aromatic heterocycles. The minimum absolute atomic E-state index is 0.00992. The highest BCUT2D eigenvalue weighted by Gasteiger charge is 2.14. The molecule has 1 aromatic rings. The molecule has 19 heavy (non-hydrogen) atoms. The monoisotopic (exact) mass is 264 g/mol. The molecular formula is C13H20N4O2. The second kappa shape index (κ2) is 5.81. The summed E-state index contributed by atoms with van der Waals surface area (Å²) in [7, 11) is 0. The predicted octanol–water partition coefficient (Wildman–Crippen LogP) is -0.779. The van der Waals surface area contributed by atoms with Crippen LogP contribution in [-0.2, 0) is 24.2 Å². The van der Waals surface area contributed by atoms with E-state index in [0.717, 1.165) is 63.6 Å². The lowest BCUT2D eigenvalue weighted by molar-refractivity contribution is 0.0357. The molecule has 3 rings (SSSR count). The van der Waals surface area contributed by atoms with Gasteiger partial charge in [0.05, 0.1) is 25.5 Å². The molecule has 104 valence electrons. The first-order valence-electron chi connectivity index (χ1n) is 6.94. The van der Waals surface area contributed by atoms with E-state index >= 15 is 0 Å². The van der Waals surface area contributed by atoms with Crippen molar-refractivity contribution in [1.29, 1.82) is 0 Å². The maximum absolute atomic E-state index is 12.0. The van der Waals surface area contributed by atoms with Gasteiger partial charge in [-0.05, 0) is 5.56 Å². The van der Waals surface area contributed by atoms with Crippen molar-refractivity contribution < 1.29 is 4.74 Å². The SMILES string of the molecule is O=c1cc2c(nn1CCN1CCOCC1)CCNC2.